The van der Waals surface area contributed by atoms with E-state index in [2.05, 4.69) is 5.43 Å². The Kier molecular flexibility index (Phi) is 4.53. The van der Waals surface area contributed by atoms with Crippen LogP contribution >= 0.6 is 0 Å². The highest BCUT2D eigenvalue weighted by Gasteiger charge is 2.28. The first-order chi connectivity index (χ1) is 9.81. The van der Waals surface area contributed by atoms with Gasteiger partial charge in [-0.3, -0.25) is 5.84 Å². The Morgan fingerprint density at radius 3 is 2.67 bits per heavy atom. The van der Waals surface area contributed by atoms with Gasteiger partial charge in [-0.05, 0) is 38.0 Å². The van der Waals surface area contributed by atoms with Crippen LogP contribution in [0.5, 0.6) is 0 Å². The van der Waals surface area contributed by atoms with Crippen LogP contribution in [0.4, 0.5) is 17.6 Å². The van der Waals surface area contributed by atoms with Crippen LogP contribution < -0.4 is 11.3 Å². The maximum absolute atomic E-state index is 13.2. The number of hydrogen-bond donors (Lipinski definition) is 2. The normalized spacial score (nSPS) is 13.8. The third-order valence-corrected chi connectivity index (χ3v) is 3.41. The highest BCUT2D eigenvalue weighted by atomic mass is 19.4. The second-order valence-corrected chi connectivity index (χ2v) is 4.96. The highest BCUT2D eigenvalue weighted by Crippen LogP contribution is 2.33. The molecule has 1 aromatic heterocycles. The van der Waals surface area contributed by atoms with Gasteiger partial charge in [-0.2, -0.15) is 13.2 Å². The first kappa shape index (κ1) is 15.8. The lowest BCUT2D eigenvalue weighted by Gasteiger charge is -2.15. The Morgan fingerprint density at radius 2 is 2.05 bits per heavy atom. The average Bonchev–Trinajstić information content (AvgIpc) is 2.71. The smallest absolute Gasteiger partial charge is 0.389 e. The summed E-state index contributed by atoms with van der Waals surface area (Å²) in [5.74, 6) is 5.46. The maximum Gasteiger partial charge on any atom is 0.389 e. The van der Waals surface area contributed by atoms with Crippen molar-refractivity contribution in [2.75, 3.05) is 0 Å². The van der Waals surface area contributed by atoms with Gasteiger partial charge in [-0.1, -0.05) is 0 Å². The van der Waals surface area contributed by atoms with Crippen LogP contribution in [0.2, 0.25) is 0 Å². The summed E-state index contributed by atoms with van der Waals surface area (Å²) >= 11 is 0. The van der Waals surface area contributed by atoms with E-state index in [-0.39, 0.29) is 12.8 Å². The Morgan fingerprint density at radius 1 is 1.33 bits per heavy atom. The first-order valence-corrected chi connectivity index (χ1v) is 6.53. The molecule has 21 heavy (non-hydrogen) atoms. The summed E-state index contributed by atoms with van der Waals surface area (Å²) in [6.45, 7) is 1.73. The van der Waals surface area contributed by atoms with E-state index in [1.54, 1.807) is 6.92 Å². The van der Waals surface area contributed by atoms with Gasteiger partial charge in [-0.15, -0.1) is 0 Å². The van der Waals surface area contributed by atoms with Crippen molar-refractivity contribution < 1.29 is 22.0 Å². The van der Waals surface area contributed by atoms with Crippen molar-refractivity contribution in [2.24, 2.45) is 5.84 Å². The van der Waals surface area contributed by atoms with Crippen molar-refractivity contribution in [1.29, 1.82) is 0 Å². The Hall–Kier alpha value is -1.60. The number of nitrogens with two attached hydrogens (primary N) is 1. The van der Waals surface area contributed by atoms with Gasteiger partial charge in [-0.25, -0.2) is 9.82 Å². The van der Waals surface area contributed by atoms with Gasteiger partial charge in [0.25, 0.3) is 0 Å². The molecule has 1 heterocycles. The Bertz CT molecular complexity index is 621. The van der Waals surface area contributed by atoms with Gasteiger partial charge >= 0.3 is 6.18 Å². The number of fused-ring (bicyclic) bond motifs is 1. The van der Waals surface area contributed by atoms with Crippen LogP contribution in [0.15, 0.2) is 22.6 Å². The van der Waals surface area contributed by atoms with Crippen LogP contribution in [0.3, 0.4) is 0 Å². The number of nitrogens with one attached hydrogen (secondary N) is 1. The molecule has 0 aliphatic rings. The molecule has 0 saturated carbocycles. The summed E-state index contributed by atoms with van der Waals surface area (Å²) in [4.78, 5) is 0. The minimum absolute atomic E-state index is 0.0663. The topological polar surface area (TPSA) is 51.2 Å². The second kappa shape index (κ2) is 6.03. The third kappa shape index (κ3) is 3.74. The minimum Gasteiger partial charge on any atom is -0.459 e. The minimum atomic E-state index is -4.19. The predicted octanol–water partition coefficient (Wildman–Crippen LogP) is 4.12. The van der Waals surface area contributed by atoms with Crippen molar-refractivity contribution in [2.45, 2.75) is 38.4 Å². The van der Waals surface area contributed by atoms with Crippen LogP contribution in [-0.2, 0) is 0 Å². The zero-order chi connectivity index (χ0) is 15.6. The summed E-state index contributed by atoms with van der Waals surface area (Å²) < 4.78 is 55.4. The van der Waals surface area contributed by atoms with Crippen molar-refractivity contribution in [3.8, 4) is 0 Å². The summed E-state index contributed by atoms with van der Waals surface area (Å²) in [6, 6.07) is 3.55. The molecule has 0 spiro atoms. The number of hydrogen-bond acceptors (Lipinski definition) is 3. The summed E-state index contributed by atoms with van der Waals surface area (Å²) in [5, 5.41) is 0.598. The maximum atomic E-state index is 13.2. The molecule has 0 bridgehead atoms. The fourth-order valence-corrected chi connectivity index (χ4v) is 2.34. The molecule has 7 heteroatoms. The molecular formula is C14H16F4N2O. The molecule has 0 fully saturated rings. The van der Waals surface area contributed by atoms with Crippen LogP contribution in [0, 0.1) is 12.7 Å². The monoisotopic (exact) mass is 304 g/mol. The molecule has 0 amide bonds. The van der Waals surface area contributed by atoms with E-state index in [1.165, 1.54) is 18.2 Å². The molecule has 3 N–H and O–H groups in total. The molecule has 1 unspecified atom stereocenters. The van der Waals surface area contributed by atoms with Gasteiger partial charge in [0.15, 0.2) is 0 Å². The summed E-state index contributed by atoms with van der Waals surface area (Å²) in [7, 11) is 0. The van der Waals surface area contributed by atoms with E-state index in [0.29, 0.717) is 22.3 Å². The largest absolute Gasteiger partial charge is 0.459 e. The molecule has 0 saturated heterocycles. The number of alkyl halides is 3. The third-order valence-electron chi connectivity index (χ3n) is 3.41. The molecule has 3 nitrogen and oxygen atoms in total. The van der Waals surface area contributed by atoms with Gasteiger partial charge in [0.1, 0.15) is 17.2 Å². The lowest BCUT2D eigenvalue weighted by molar-refractivity contribution is -0.135. The lowest BCUT2D eigenvalue weighted by Crippen LogP contribution is -2.28. The average molecular weight is 304 g/mol. The van der Waals surface area contributed by atoms with E-state index < -0.39 is 24.5 Å². The molecule has 116 valence electrons. The molecule has 2 aromatic rings. The molecule has 1 aromatic carbocycles. The van der Waals surface area contributed by atoms with E-state index in [4.69, 9.17) is 10.3 Å². The highest BCUT2D eigenvalue weighted by molar-refractivity contribution is 5.82. The number of hydrazine groups is 1. The van der Waals surface area contributed by atoms with Gasteiger partial charge in [0.05, 0.1) is 6.04 Å². The fraction of sp³-hybridized carbons (Fsp3) is 0.429. The summed E-state index contributed by atoms with van der Waals surface area (Å²) in [5.41, 5.74) is 3.63. The van der Waals surface area contributed by atoms with Gasteiger partial charge in [0.2, 0.25) is 0 Å². The SMILES string of the molecule is Cc1c(C(CCCC(F)(F)F)NN)oc2ccc(F)cc12. The standard InChI is InChI=1S/C14H16F4N2O/c1-8-10-7-9(15)4-5-12(10)21-13(8)11(20-19)3-2-6-14(16,17)18/h4-5,7,11,20H,2-3,6,19H2,1H3. The molecule has 0 aliphatic carbocycles. The number of furan rings is 1. The van der Waals surface area contributed by atoms with Crippen LogP contribution in [-0.4, -0.2) is 6.18 Å². The van der Waals surface area contributed by atoms with Crippen LogP contribution in [0.1, 0.15) is 36.6 Å². The van der Waals surface area contributed by atoms with E-state index in [1.807, 2.05) is 0 Å². The number of halogens is 4. The second-order valence-electron chi connectivity index (χ2n) is 4.96. The van der Waals surface area contributed by atoms with E-state index >= 15 is 0 Å². The number of aryl methyl sites for hydroxylation is 1. The molecular weight excluding hydrogens is 288 g/mol. The lowest BCUT2D eigenvalue weighted by atomic mass is 10.0. The Labute approximate surface area is 119 Å². The fourth-order valence-electron chi connectivity index (χ4n) is 2.34. The molecule has 0 radical (unpaired) electrons. The summed E-state index contributed by atoms with van der Waals surface area (Å²) in [6.07, 6.45) is -4.95. The van der Waals surface area contributed by atoms with Gasteiger partial charge < -0.3 is 4.42 Å². The van der Waals surface area contributed by atoms with Crippen LogP contribution in [0.25, 0.3) is 11.0 Å². The van der Waals surface area contributed by atoms with Crippen molar-refractivity contribution in [3.05, 3.63) is 35.3 Å². The molecule has 2 rings (SSSR count). The first-order valence-electron chi connectivity index (χ1n) is 6.53. The van der Waals surface area contributed by atoms with Crippen molar-refractivity contribution in [1.82, 2.24) is 5.43 Å². The van der Waals surface area contributed by atoms with Gasteiger partial charge in [0, 0.05) is 17.4 Å². The van der Waals surface area contributed by atoms with E-state index in [0.717, 1.165) is 0 Å². The Balaban J connectivity index is 2.20. The zero-order valence-corrected chi connectivity index (χ0v) is 11.4. The molecule has 1 atom stereocenters. The van der Waals surface area contributed by atoms with E-state index in [9.17, 15) is 17.6 Å². The quantitative estimate of drug-likeness (QED) is 0.496. The van der Waals surface area contributed by atoms with Crippen molar-refractivity contribution >= 4 is 11.0 Å². The zero-order valence-electron chi connectivity index (χ0n) is 11.4. The number of rotatable bonds is 5. The predicted molar refractivity (Wildman–Crippen MR) is 70.9 cm³/mol. The molecule has 0 aliphatic heterocycles. The van der Waals surface area contributed by atoms with Crippen molar-refractivity contribution in [3.63, 3.8) is 0 Å². The number of benzene rings is 1.